The molecule has 1 aromatic carbocycles. The molecule has 6 nitrogen and oxygen atoms in total. The Morgan fingerprint density at radius 3 is 2.89 bits per heavy atom. The lowest BCUT2D eigenvalue weighted by Crippen LogP contribution is -2.10. The summed E-state index contributed by atoms with van der Waals surface area (Å²) in [5.41, 5.74) is 1.36. The van der Waals surface area contributed by atoms with E-state index < -0.39 is 0 Å². The average Bonchev–Trinajstić information content (AvgIpc) is 2.75. The Kier molecular flexibility index (Phi) is 3.79. The van der Waals surface area contributed by atoms with Crippen molar-refractivity contribution in [1.82, 2.24) is 9.55 Å². The molecular weight excluding hydrogens is 244 g/mol. The van der Waals surface area contributed by atoms with Crippen LogP contribution in [0.2, 0.25) is 0 Å². The van der Waals surface area contributed by atoms with Gasteiger partial charge in [0.25, 0.3) is 5.69 Å². The van der Waals surface area contributed by atoms with Crippen molar-refractivity contribution < 1.29 is 4.92 Å². The van der Waals surface area contributed by atoms with E-state index in [9.17, 15) is 10.1 Å². The average molecular weight is 260 g/mol. The second-order valence-corrected chi connectivity index (χ2v) is 4.36. The highest BCUT2D eigenvalue weighted by Crippen LogP contribution is 2.27. The predicted molar refractivity (Wildman–Crippen MR) is 73.2 cm³/mol. The molecule has 0 fully saturated rings. The molecule has 0 saturated carbocycles. The topological polar surface area (TPSA) is 73.0 Å². The van der Waals surface area contributed by atoms with Crippen molar-refractivity contribution in [3.63, 3.8) is 0 Å². The van der Waals surface area contributed by atoms with Gasteiger partial charge in [0.2, 0.25) is 0 Å². The van der Waals surface area contributed by atoms with Crippen molar-refractivity contribution >= 4 is 11.4 Å². The summed E-state index contributed by atoms with van der Waals surface area (Å²) < 4.78 is 1.94. The molecule has 19 heavy (non-hydrogen) atoms. The second kappa shape index (κ2) is 5.51. The van der Waals surface area contributed by atoms with Gasteiger partial charge in [-0.05, 0) is 13.0 Å². The smallest absolute Gasteiger partial charge is 0.295 e. The van der Waals surface area contributed by atoms with Crippen molar-refractivity contribution in [2.45, 2.75) is 13.3 Å². The third kappa shape index (κ3) is 2.90. The minimum absolute atomic E-state index is 0.141. The first-order chi connectivity index (χ1) is 9.09. The normalized spacial score (nSPS) is 10.4. The first-order valence-corrected chi connectivity index (χ1v) is 6.03. The molecule has 0 bridgehead atoms. The summed E-state index contributed by atoms with van der Waals surface area (Å²) in [7, 11) is 1.93. The molecule has 1 N–H and O–H groups in total. The van der Waals surface area contributed by atoms with E-state index in [0.29, 0.717) is 24.2 Å². The number of nitrogens with one attached hydrogen (secondary N) is 1. The number of imidazole rings is 1. The number of aryl methyl sites for hydroxylation is 2. The number of benzene rings is 1. The molecule has 6 heteroatoms. The molecule has 0 aliphatic heterocycles. The van der Waals surface area contributed by atoms with Crippen LogP contribution in [0.3, 0.4) is 0 Å². The van der Waals surface area contributed by atoms with Crippen LogP contribution in [0.5, 0.6) is 0 Å². The highest BCUT2D eigenvalue weighted by Gasteiger charge is 2.16. The molecular formula is C13H16N4O2. The molecule has 0 aliphatic carbocycles. The minimum Gasteiger partial charge on any atom is -0.379 e. The van der Waals surface area contributed by atoms with Gasteiger partial charge in [0.05, 0.1) is 4.92 Å². The molecule has 1 heterocycles. The van der Waals surface area contributed by atoms with Crippen LogP contribution in [0, 0.1) is 17.0 Å². The van der Waals surface area contributed by atoms with Crippen LogP contribution in [0.25, 0.3) is 0 Å². The molecule has 0 saturated heterocycles. The first-order valence-electron chi connectivity index (χ1n) is 6.03. The van der Waals surface area contributed by atoms with Gasteiger partial charge >= 0.3 is 0 Å². The fourth-order valence-electron chi connectivity index (χ4n) is 1.99. The Morgan fingerprint density at radius 2 is 2.26 bits per heavy atom. The predicted octanol–water partition coefficient (Wildman–Crippen LogP) is 2.29. The quantitative estimate of drug-likeness (QED) is 0.661. The lowest BCUT2D eigenvalue weighted by Gasteiger charge is -2.08. The van der Waals surface area contributed by atoms with Gasteiger partial charge in [0.1, 0.15) is 11.5 Å². The summed E-state index contributed by atoms with van der Waals surface area (Å²) in [5, 5.41) is 14.1. The molecule has 0 radical (unpaired) electrons. The number of para-hydroxylation sites is 1. The van der Waals surface area contributed by atoms with Gasteiger partial charge in [0, 0.05) is 38.0 Å². The summed E-state index contributed by atoms with van der Waals surface area (Å²) in [6.45, 7) is 2.34. The van der Waals surface area contributed by atoms with Crippen LogP contribution in [-0.2, 0) is 13.5 Å². The van der Waals surface area contributed by atoms with E-state index in [4.69, 9.17) is 0 Å². The number of nitro groups is 1. The summed E-state index contributed by atoms with van der Waals surface area (Å²) in [6.07, 6.45) is 4.34. The number of hydrogen-bond donors (Lipinski definition) is 1. The maximum absolute atomic E-state index is 11.0. The van der Waals surface area contributed by atoms with Crippen LogP contribution < -0.4 is 5.32 Å². The van der Waals surface area contributed by atoms with E-state index in [2.05, 4.69) is 10.3 Å². The summed E-state index contributed by atoms with van der Waals surface area (Å²) >= 11 is 0. The number of hydrogen-bond acceptors (Lipinski definition) is 4. The zero-order valence-corrected chi connectivity index (χ0v) is 11.0. The molecule has 0 unspecified atom stereocenters. The number of nitro benzene ring substituents is 1. The monoisotopic (exact) mass is 260 g/mol. The standard InChI is InChI=1S/C13H16N4O2/c1-10-4-3-5-11(13(10)17(18)19)14-7-6-12-15-8-9-16(12)2/h3-5,8-9,14H,6-7H2,1-2H3. The Morgan fingerprint density at radius 1 is 1.47 bits per heavy atom. The number of nitrogens with zero attached hydrogens (tertiary/aromatic N) is 3. The van der Waals surface area contributed by atoms with Crippen LogP contribution in [0.1, 0.15) is 11.4 Å². The lowest BCUT2D eigenvalue weighted by atomic mass is 10.1. The summed E-state index contributed by atoms with van der Waals surface area (Å²) in [6, 6.07) is 5.27. The van der Waals surface area contributed by atoms with E-state index in [0.717, 1.165) is 5.82 Å². The van der Waals surface area contributed by atoms with Gasteiger partial charge < -0.3 is 9.88 Å². The number of aromatic nitrogens is 2. The Bertz CT molecular complexity index is 592. The van der Waals surface area contributed by atoms with Crippen LogP contribution in [0.4, 0.5) is 11.4 Å². The van der Waals surface area contributed by atoms with Crippen molar-refractivity contribution in [1.29, 1.82) is 0 Å². The van der Waals surface area contributed by atoms with Gasteiger partial charge in [-0.3, -0.25) is 10.1 Å². The largest absolute Gasteiger partial charge is 0.379 e. The van der Waals surface area contributed by atoms with Crippen LogP contribution >= 0.6 is 0 Å². The SMILES string of the molecule is Cc1cccc(NCCc2nccn2C)c1[N+](=O)[O-]. The van der Waals surface area contributed by atoms with E-state index in [1.54, 1.807) is 25.3 Å². The van der Waals surface area contributed by atoms with E-state index in [1.165, 1.54) is 0 Å². The maximum atomic E-state index is 11.0. The molecule has 0 amide bonds. The maximum Gasteiger partial charge on any atom is 0.295 e. The number of rotatable bonds is 5. The van der Waals surface area contributed by atoms with Gasteiger partial charge in [-0.15, -0.1) is 0 Å². The highest BCUT2D eigenvalue weighted by atomic mass is 16.6. The summed E-state index contributed by atoms with van der Waals surface area (Å²) in [4.78, 5) is 14.9. The summed E-state index contributed by atoms with van der Waals surface area (Å²) in [5.74, 6) is 0.947. The molecule has 0 spiro atoms. The van der Waals surface area contributed by atoms with Gasteiger partial charge in [0.15, 0.2) is 0 Å². The Balaban J connectivity index is 2.06. The second-order valence-electron chi connectivity index (χ2n) is 4.36. The van der Waals surface area contributed by atoms with Crippen LogP contribution in [-0.4, -0.2) is 21.0 Å². The molecule has 2 rings (SSSR count). The lowest BCUT2D eigenvalue weighted by molar-refractivity contribution is -0.384. The molecule has 2 aromatic rings. The third-order valence-corrected chi connectivity index (χ3v) is 3.01. The third-order valence-electron chi connectivity index (χ3n) is 3.01. The highest BCUT2D eigenvalue weighted by molar-refractivity contribution is 5.64. The molecule has 0 atom stereocenters. The van der Waals surface area contributed by atoms with Gasteiger partial charge in [-0.2, -0.15) is 0 Å². The van der Waals surface area contributed by atoms with Crippen molar-refractivity contribution in [3.05, 3.63) is 52.1 Å². The van der Waals surface area contributed by atoms with Gasteiger partial charge in [-0.1, -0.05) is 12.1 Å². The zero-order valence-electron chi connectivity index (χ0n) is 11.0. The number of anilines is 1. The van der Waals surface area contributed by atoms with E-state index in [1.807, 2.05) is 23.9 Å². The first kappa shape index (κ1) is 13.1. The Labute approximate surface area is 111 Å². The zero-order chi connectivity index (χ0) is 13.8. The van der Waals surface area contributed by atoms with Gasteiger partial charge in [-0.25, -0.2) is 4.98 Å². The van der Waals surface area contributed by atoms with E-state index in [-0.39, 0.29) is 10.6 Å². The van der Waals surface area contributed by atoms with E-state index >= 15 is 0 Å². The molecule has 1 aromatic heterocycles. The van der Waals surface area contributed by atoms with Crippen molar-refractivity contribution in [3.8, 4) is 0 Å². The molecule has 100 valence electrons. The molecule has 0 aliphatic rings. The fourth-order valence-corrected chi connectivity index (χ4v) is 1.99. The fraction of sp³-hybridized carbons (Fsp3) is 0.308. The Hall–Kier alpha value is -2.37. The van der Waals surface area contributed by atoms with Crippen molar-refractivity contribution in [2.24, 2.45) is 7.05 Å². The van der Waals surface area contributed by atoms with Crippen molar-refractivity contribution in [2.75, 3.05) is 11.9 Å². The van der Waals surface area contributed by atoms with Crippen LogP contribution in [0.15, 0.2) is 30.6 Å². The minimum atomic E-state index is -0.349.